The second kappa shape index (κ2) is 4.01. The number of ether oxygens (including phenoxy) is 2. The predicted octanol–water partition coefficient (Wildman–Crippen LogP) is 2.60. The maximum Gasteiger partial charge on any atom is 0.146 e. The molecule has 0 radical (unpaired) electrons. The van der Waals surface area contributed by atoms with Crippen LogP contribution in [0.15, 0.2) is 18.2 Å². The number of anilines is 1. The van der Waals surface area contributed by atoms with Gasteiger partial charge in [0.05, 0.1) is 12.2 Å². The number of benzene rings is 1. The molecule has 2 rings (SSSR count). The van der Waals surface area contributed by atoms with E-state index in [1.807, 2.05) is 32.0 Å². The first-order valence-corrected chi connectivity index (χ1v) is 5.38. The summed E-state index contributed by atoms with van der Waals surface area (Å²) in [6.45, 7) is 3.96. The van der Waals surface area contributed by atoms with Crippen molar-refractivity contribution >= 4 is 5.69 Å². The van der Waals surface area contributed by atoms with Gasteiger partial charge in [-0.1, -0.05) is 6.07 Å². The van der Waals surface area contributed by atoms with Crippen molar-refractivity contribution in [3.8, 4) is 11.5 Å². The van der Waals surface area contributed by atoms with Gasteiger partial charge in [0, 0.05) is 0 Å². The maximum absolute atomic E-state index is 5.96. The van der Waals surface area contributed by atoms with E-state index in [0.29, 0.717) is 17.5 Å². The summed E-state index contributed by atoms with van der Waals surface area (Å²) in [4.78, 5) is 0. The standard InChI is InChI=1S/C12H17NO2/c1-8(2)14-10-4-3-5-11(12(10)13)15-9-6-7-9/h3-5,8-9H,6-7,13H2,1-2H3. The van der Waals surface area contributed by atoms with Crippen LogP contribution in [0.1, 0.15) is 26.7 Å². The topological polar surface area (TPSA) is 44.5 Å². The molecule has 0 saturated heterocycles. The van der Waals surface area contributed by atoms with Crippen LogP contribution in [-0.2, 0) is 0 Å². The van der Waals surface area contributed by atoms with Crippen LogP contribution in [0.3, 0.4) is 0 Å². The molecule has 0 amide bonds. The highest BCUT2D eigenvalue weighted by Crippen LogP contribution is 2.36. The highest BCUT2D eigenvalue weighted by Gasteiger charge is 2.24. The fourth-order valence-electron chi connectivity index (χ4n) is 1.35. The van der Waals surface area contributed by atoms with E-state index in [-0.39, 0.29) is 6.10 Å². The van der Waals surface area contributed by atoms with Gasteiger partial charge in [-0.2, -0.15) is 0 Å². The molecule has 15 heavy (non-hydrogen) atoms. The van der Waals surface area contributed by atoms with Crippen molar-refractivity contribution in [2.45, 2.75) is 38.9 Å². The lowest BCUT2D eigenvalue weighted by molar-refractivity contribution is 0.241. The number of para-hydroxylation sites is 1. The van der Waals surface area contributed by atoms with Gasteiger partial charge in [-0.25, -0.2) is 0 Å². The average Bonchev–Trinajstić information content (AvgIpc) is 2.95. The summed E-state index contributed by atoms with van der Waals surface area (Å²) in [5.74, 6) is 1.46. The average molecular weight is 207 g/mol. The summed E-state index contributed by atoms with van der Waals surface area (Å²) in [6.07, 6.45) is 2.76. The second-order valence-electron chi connectivity index (χ2n) is 4.15. The van der Waals surface area contributed by atoms with Crippen molar-refractivity contribution in [2.24, 2.45) is 0 Å². The van der Waals surface area contributed by atoms with E-state index in [1.54, 1.807) is 0 Å². The van der Waals surface area contributed by atoms with Gasteiger partial charge in [0.25, 0.3) is 0 Å². The van der Waals surface area contributed by atoms with E-state index in [1.165, 1.54) is 0 Å². The maximum atomic E-state index is 5.96. The third-order valence-electron chi connectivity index (χ3n) is 2.21. The van der Waals surface area contributed by atoms with Crippen molar-refractivity contribution in [2.75, 3.05) is 5.73 Å². The van der Waals surface area contributed by atoms with Crippen LogP contribution in [0, 0.1) is 0 Å². The van der Waals surface area contributed by atoms with E-state index < -0.39 is 0 Å². The van der Waals surface area contributed by atoms with Crippen molar-refractivity contribution in [1.82, 2.24) is 0 Å². The zero-order valence-corrected chi connectivity index (χ0v) is 9.19. The molecule has 0 atom stereocenters. The van der Waals surface area contributed by atoms with Crippen molar-refractivity contribution in [3.05, 3.63) is 18.2 Å². The zero-order valence-electron chi connectivity index (χ0n) is 9.19. The molecule has 0 heterocycles. The molecule has 2 N–H and O–H groups in total. The van der Waals surface area contributed by atoms with Gasteiger partial charge in [0.15, 0.2) is 0 Å². The molecular formula is C12H17NO2. The molecule has 82 valence electrons. The first kappa shape index (κ1) is 10.1. The summed E-state index contributed by atoms with van der Waals surface area (Å²) in [6, 6.07) is 5.67. The Morgan fingerprint density at radius 3 is 2.53 bits per heavy atom. The van der Waals surface area contributed by atoms with Crippen LogP contribution in [0.2, 0.25) is 0 Å². The van der Waals surface area contributed by atoms with Crippen LogP contribution in [0.4, 0.5) is 5.69 Å². The number of nitrogen functional groups attached to an aromatic ring is 1. The van der Waals surface area contributed by atoms with Crippen LogP contribution in [0.5, 0.6) is 11.5 Å². The van der Waals surface area contributed by atoms with Crippen molar-refractivity contribution in [1.29, 1.82) is 0 Å². The Morgan fingerprint density at radius 1 is 1.27 bits per heavy atom. The van der Waals surface area contributed by atoms with Gasteiger partial charge in [0.1, 0.15) is 17.2 Å². The molecule has 0 unspecified atom stereocenters. The Balaban J connectivity index is 2.15. The molecule has 1 aromatic rings. The van der Waals surface area contributed by atoms with Crippen molar-refractivity contribution in [3.63, 3.8) is 0 Å². The molecule has 1 aromatic carbocycles. The first-order valence-electron chi connectivity index (χ1n) is 5.38. The largest absolute Gasteiger partial charge is 0.489 e. The van der Waals surface area contributed by atoms with Crippen LogP contribution in [-0.4, -0.2) is 12.2 Å². The van der Waals surface area contributed by atoms with E-state index in [4.69, 9.17) is 15.2 Å². The minimum absolute atomic E-state index is 0.128. The van der Waals surface area contributed by atoms with Gasteiger partial charge in [-0.3, -0.25) is 0 Å². The number of hydrogen-bond acceptors (Lipinski definition) is 3. The molecule has 1 saturated carbocycles. The Bertz CT molecular complexity index is 323. The summed E-state index contributed by atoms with van der Waals surface area (Å²) in [7, 11) is 0. The lowest BCUT2D eigenvalue weighted by atomic mass is 10.2. The lowest BCUT2D eigenvalue weighted by Gasteiger charge is -2.14. The van der Waals surface area contributed by atoms with Crippen LogP contribution < -0.4 is 15.2 Å². The third kappa shape index (κ3) is 2.55. The van der Waals surface area contributed by atoms with Gasteiger partial charge >= 0.3 is 0 Å². The highest BCUT2D eigenvalue weighted by atomic mass is 16.5. The number of hydrogen-bond donors (Lipinski definition) is 1. The van der Waals surface area contributed by atoms with Gasteiger partial charge in [-0.05, 0) is 38.8 Å². The molecule has 1 aliphatic carbocycles. The Hall–Kier alpha value is -1.38. The quantitative estimate of drug-likeness (QED) is 0.772. The van der Waals surface area contributed by atoms with E-state index in [0.717, 1.165) is 18.6 Å². The Morgan fingerprint density at radius 2 is 1.93 bits per heavy atom. The second-order valence-corrected chi connectivity index (χ2v) is 4.15. The van der Waals surface area contributed by atoms with Crippen molar-refractivity contribution < 1.29 is 9.47 Å². The zero-order chi connectivity index (χ0) is 10.8. The Labute approximate surface area is 90.2 Å². The minimum atomic E-state index is 0.128. The van der Waals surface area contributed by atoms with Gasteiger partial charge < -0.3 is 15.2 Å². The molecule has 3 nitrogen and oxygen atoms in total. The summed E-state index contributed by atoms with van der Waals surface area (Å²) >= 11 is 0. The molecule has 0 aliphatic heterocycles. The molecule has 3 heteroatoms. The molecular weight excluding hydrogens is 190 g/mol. The number of rotatable bonds is 4. The Kier molecular flexibility index (Phi) is 2.71. The van der Waals surface area contributed by atoms with E-state index in [9.17, 15) is 0 Å². The lowest BCUT2D eigenvalue weighted by Crippen LogP contribution is -2.08. The molecule has 1 aliphatic rings. The molecule has 0 bridgehead atoms. The summed E-state index contributed by atoms with van der Waals surface area (Å²) in [5.41, 5.74) is 6.57. The van der Waals surface area contributed by atoms with Gasteiger partial charge in [-0.15, -0.1) is 0 Å². The fraction of sp³-hybridized carbons (Fsp3) is 0.500. The van der Waals surface area contributed by atoms with Gasteiger partial charge in [0.2, 0.25) is 0 Å². The monoisotopic (exact) mass is 207 g/mol. The normalized spacial score (nSPS) is 15.4. The molecule has 0 spiro atoms. The third-order valence-corrected chi connectivity index (χ3v) is 2.21. The van der Waals surface area contributed by atoms with E-state index >= 15 is 0 Å². The van der Waals surface area contributed by atoms with E-state index in [2.05, 4.69) is 0 Å². The summed E-state index contributed by atoms with van der Waals surface area (Å²) < 4.78 is 11.3. The SMILES string of the molecule is CC(C)Oc1cccc(OC2CC2)c1N. The fourth-order valence-corrected chi connectivity index (χ4v) is 1.35. The minimum Gasteiger partial charge on any atom is -0.489 e. The smallest absolute Gasteiger partial charge is 0.146 e. The van der Waals surface area contributed by atoms with Crippen LogP contribution >= 0.6 is 0 Å². The molecule has 1 fully saturated rings. The summed E-state index contributed by atoms with van der Waals surface area (Å²) in [5, 5.41) is 0. The highest BCUT2D eigenvalue weighted by molar-refractivity contribution is 5.62. The molecule has 0 aromatic heterocycles. The predicted molar refractivity (Wildman–Crippen MR) is 60.3 cm³/mol. The van der Waals surface area contributed by atoms with Crippen LogP contribution in [0.25, 0.3) is 0 Å². The number of nitrogens with two attached hydrogens (primary N) is 1. The first-order chi connectivity index (χ1) is 7.16.